The predicted octanol–water partition coefficient (Wildman–Crippen LogP) is 3.34. The van der Waals surface area contributed by atoms with Gasteiger partial charge in [-0.2, -0.15) is 0 Å². The van der Waals surface area contributed by atoms with Crippen molar-refractivity contribution in [1.82, 2.24) is 4.90 Å². The summed E-state index contributed by atoms with van der Waals surface area (Å²) in [6, 6.07) is 11.2. The second kappa shape index (κ2) is 8.76. The van der Waals surface area contributed by atoms with Gasteiger partial charge in [-0.1, -0.05) is 32.0 Å². The van der Waals surface area contributed by atoms with Gasteiger partial charge in [-0.3, -0.25) is 4.79 Å². The zero-order chi connectivity index (χ0) is 16.9. The van der Waals surface area contributed by atoms with Gasteiger partial charge in [0.2, 0.25) is 0 Å². The van der Waals surface area contributed by atoms with Gasteiger partial charge in [-0.15, -0.1) is 12.4 Å². The van der Waals surface area contributed by atoms with E-state index < -0.39 is 0 Å². The lowest BCUT2D eigenvalue weighted by Gasteiger charge is -2.28. The minimum atomic E-state index is -0.164. The van der Waals surface area contributed by atoms with E-state index >= 15 is 0 Å². The molecule has 0 fully saturated rings. The predicted molar refractivity (Wildman–Crippen MR) is 96.5 cm³/mol. The standard InChI is InChI=1S/C18H24N2O3.ClH/c1-18(2,12-19)13-20(3)17(21)16-14(9-10-22-16)11-23-15-7-5-4-6-8-15;/h4-10H,11-13,19H2,1-3H3;1H. The van der Waals surface area contributed by atoms with Gasteiger partial charge in [0, 0.05) is 19.2 Å². The molecular weight excluding hydrogens is 328 g/mol. The van der Waals surface area contributed by atoms with E-state index in [1.54, 1.807) is 18.0 Å². The Bertz CT molecular complexity index is 641. The molecule has 1 amide bonds. The van der Waals surface area contributed by atoms with Gasteiger partial charge >= 0.3 is 0 Å². The van der Waals surface area contributed by atoms with E-state index in [9.17, 15) is 4.79 Å². The van der Waals surface area contributed by atoms with Crippen LogP contribution < -0.4 is 10.5 Å². The average molecular weight is 353 g/mol. The smallest absolute Gasteiger partial charge is 0.289 e. The SMILES string of the molecule is CN(CC(C)(C)CN)C(=O)c1occc1COc1ccccc1.Cl. The van der Waals surface area contributed by atoms with Crippen molar-refractivity contribution in [2.24, 2.45) is 11.1 Å². The number of rotatable bonds is 7. The van der Waals surface area contributed by atoms with Gasteiger partial charge in [0.25, 0.3) is 5.91 Å². The highest BCUT2D eigenvalue weighted by Gasteiger charge is 2.25. The van der Waals surface area contributed by atoms with Crippen LogP contribution in [-0.2, 0) is 6.61 Å². The zero-order valence-electron chi connectivity index (χ0n) is 14.3. The van der Waals surface area contributed by atoms with E-state index in [1.165, 1.54) is 6.26 Å². The van der Waals surface area contributed by atoms with Gasteiger partial charge in [0.15, 0.2) is 5.76 Å². The quantitative estimate of drug-likeness (QED) is 0.829. The van der Waals surface area contributed by atoms with Gasteiger partial charge in [0.05, 0.1) is 6.26 Å². The Balaban J connectivity index is 0.00000288. The van der Waals surface area contributed by atoms with Crippen molar-refractivity contribution in [3.63, 3.8) is 0 Å². The summed E-state index contributed by atoms with van der Waals surface area (Å²) < 4.78 is 11.1. The van der Waals surface area contributed by atoms with Crippen LogP contribution in [-0.4, -0.2) is 30.9 Å². The summed E-state index contributed by atoms with van der Waals surface area (Å²) in [4.78, 5) is 14.2. The molecule has 0 radical (unpaired) electrons. The van der Waals surface area contributed by atoms with Gasteiger partial charge in [-0.25, -0.2) is 0 Å². The molecule has 1 aromatic heterocycles. The molecule has 0 aliphatic carbocycles. The first-order chi connectivity index (χ1) is 10.9. The van der Waals surface area contributed by atoms with Crippen LogP contribution in [0.4, 0.5) is 0 Å². The third-order valence-corrected chi connectivity index (χ3v) is 3.64. The Labute approximate surface area is 149 Å². The highest BCUT2D eigenvalue weighted by atomic mass is 35.5. The van der Waals surface area contributed by atoms with Gasteiger partial charge < -0.3 is 19.8 Å². The molecule has 0 aliphatic heterocycles. The van der Waals surface area contributed by atoms with E-state index in [-0.39, 0.29) is 30.3 Å². The molecule has 2 aromatic rings. The maximum absolute atomic E-state index is 12.6. The Hall–Kier alpha value is -1.98. The molecule has 2 N–H and O–H groups in total. The fourth-order valence-electron chi connectivity index (χ4n) is 2.27. The number of hydrogen-bond donors (Lipinski definition) is 1. The molecule has 0 saturated carbocycles. The summed E-state index contributed by atoms with van der Waals surface area (Å²) in [5.74, 6) is 0.907. The number of carbonyl (C=O) groups is 1. The third kappa shape index (κ3) is 5.28. The summed E-state index contributed by atoms with van der Waals surface area (Å²) in [5.41, 5.74) is 6.33. The van der Waals surface area contributed by atoms with Crippen LogP contribution in [0.5, 0.6) is 5.75 Å². The fourth-order valence-corrected chi connectivity index (χ4v) is 2.27. The zero-order valence-corrected chi connectivity index (χ0v) is 15.1. The first kappa shape index (κ1) is 20.1. The van der Waals surface area contributed by atoms with Crippen LogP contribution in [0.25, 0.3) is 0 Å². The molecule has 6 heteroatoms. The molecule has 0 unspecified atom stereocenters. The number of hydrogen-bond acceptors (Lipinski definition) is 4. The number of nitrogens with two attached hydrogens (primary N) is 1. The number of para-hydroxylation sites is 1. The van der Waals surface area contributed by atoms with Crippen molar-refractivity contribution in [3.8, 4) is 5.75 Å². The molecule has 5 nitrogen and oxygen atoms in total. The molecule has 1 heterocycles. The molecular formula is C18H25ClN2O3. The molecule has 0 saturated heterocycles. The average Bonchev–Trinajstić information content (AvgIpc) is 3.01. The summed E-state index contributed by atoms with van der Waals surface area (Å²) in [6.07, 6.45) is 1.51. The Morgan fingerprint density at radius 2 is 1.92 bits per heavy atom. The van der Waals surface area contributed by atoms with E-state index in [1.807, 2.05) is 44.2 Å². The largest absolute Gasteiger partial charge is 0.489 e. The number of halogens is 1. The van der Waals surface area contributed by atoms with Crippen LogP contribution in [0, 0.1) is 5.41 Å². The minimum Gasteiger partial charge on any atom is -0.489 e. The second-order valence-electron chi connectivity index (χ2n) is 6.41. The number of carbonyl (C=O) groups excluding carboxylic acids is 1. The number of benzene rings is 1. The van der Waals surface area contributed by atoms with E-state index in [0.717, 1.165) is 11.3 Å². The van der Waals surface area contributed by atoms with Crippen molar-refractivity contribution in [2.45, 2.75) is 20.5 Å². The molecule has 2 rings (SSSR count). The topological polar surface area (TPSA) is 68.7 Å². The van der Waals surface area contributed by atoms with Crippen molar-refractivity contribution < 1.29 is 13.9 Å². The molecule has 0 bridgehead atoms. The summed E-state index contributed by atoms with van der Waals surface area (Å²) in [6.45, 7) is 5.40. The summed E-state index contributed by atoms with van der Waals surface area (Å²) in [7, 11) is 1.75. The Kier molecular flexibility index (Phi) is 7.32. The van der Waals surface area contributed by atoms with Crippen molar-refractivity contribution in [2.75, 3.05) is 20.1 Å². The molecule has 24 heavy (non-hydrogen) atoms. The third-order valence-electron chi connectivity index (χ3n) is 3.64. The monoisotopic (exact) mass is 352 g/mol. The highest BCUT2D eigenvalue weighted by molar-refractivity contribution is 5.92. The van der Waals surface area contributed by atoms with Crippen LogP contribution in [0.2, 0.25) is 0 Å². The number of amides is 1. The number of ether oxygens (including phenoxy) is 1. The van der Waals surface area contributed by atoms with Crippen LogP contribution in [0.3, 0.4) is 0 Å². The Morgan fingerprint density at radius 1 is 1.25 bits per heavy atom. The molecule has 0 atom stereocenters. The fraction of sp³-hybridized carbons (Fsp3) is 0.389. The van der Waals surface area contributed by atoms with E-state index in [2.05, 4.69) is 0 Å². The van der Waals surface area contributed by atoms with Gasteiger partial charge in [-0.05, 0) is 30.2 Å². The van der Waals surface area contributed by atoms with Crippen LogP contribution in [0.15, 0.2) is 47.1 Å². The molecule has 1 aromatic carbocycles. The normalized spacial score (nSPS) is 10.8. The van der Waals surface area contributed by atoms with E-state index in [0.29, 0.717) is 18.8 Å². The Morgan fingerprint density at radius 3 is 2.54 bits per heavy atom. The second-order valence-corrected chi connectivity index (χ2v) is 6.41. The molecule has 0 aliphatic rings. The summed E-state index contributed by atoms with van der Waals surface area (Å²) >= 11 is 0. The molecule has 0 spiro atoms. The van der Waals surface area contributed by atoms with Crippen LogP contribution in [0.1, 0.15) is 30.0 Å². The highest BCUT2D eigenvalue weighted by Crippen LogP contribution is 2.19. The van der Waals surface area contributed by atoms with Crippen molar-refractivity contribution in [3.05, 3.63) is 54.0 Å². The van der Waals surface area contributed by atoms with Crippen LogP contribution >= 0.6 is 12.4 Å². The van der Waals surface area contributed by atoms with Gasteiger partial charge in [0.1, 0.15) is 12.4 Å². The maximum atomic E-state index is 12.6. The lowest BCUT2D eigenvalue weighted by Crippen LogP contribution is -2.39. The minimum absolute atomic E-state index is 0. The van der Waals surface area contributed by atoms with Crippen molar-refractivity contribution in [1.29, 1.82) is 0 Å². The van der Waals surface area contributed by atoms with Crippen molar-refractivity contribution >= 4 is 18.3 Å². The number of nitrogens with zero attached hydrogens (tertiary/aromatic N) is 1. The molecule has 132 valence electrons. The lowest BCUT2D eigenvalue weighted by atomic mass is 9.93. The first-order valence-electron chi connectivity index (χ1n) is 7.63. The lowest BCUT2D eigenvalue weighted by molar-refractivity contribution is 0.0705. The number of furan rings is 1. The first-order valence-corrected chi connectivity index (χ1v) is 7.63. The van der Waals surface area contributed by atoms with E-state index in [4.69, 9.17) is 14.9 Å². The maximum Gasteiger partial charge on any atom is 0.289 e. The summed E-state index contributed by atoms with van der Waals surface area (Å²) in [5, 5.41) is 0.